The number of ketones is 1. The molecule has 0 bridgehead atoms. The quantitative estimate of drug-likeness (QED) is 0.795. The second kappa shape index (κ2) is 6.14. The lowest BCUT2D eigenvalue weighted by molar-refractivity contribution is -0.111. The van der Waals surface area contributed by atoms with Crippen LogP contribution in [-0.4, -0.2) is 22.5 Å². The zero-order chi connectivity index (χ0) is 16.7. The van der Waals surface area contributed by atoms with Gasteiger partial charge in [-0.1, -0.05) is 66.4 Å². The van der Waals surface area contributed by atoms with Crippen LogP contribution in [0.25, 0.3) is 5.57 Å². The monoisotopic (exact) mass is 335 g/mol. The highest BCUT2D eigenvalue weighted by molar-refractivity contribution is 8.04. The van der Waals surface area contributed by atoms with E-state index in [9.17, 15) is 4.79 Å². The van der Waals surface area contributed by atoms with Crippen LogP contribution in [0.15, 0.2) is 59.6 Å². The van der Waals surface area contributed by atoms with Crippen LogP contribution < -0.4 is 0 Å². The summed E-state index contributed by atoms with van der Waals surface area (Å²) in [6, 6.07) is 19.6. The lowest BCUT2D eigenvalue weighted by atomic mass is 9.96. The van der Waals surface area contributed by atoms with Gasteiger partial charge < -0.3 is 4.90 Å². The van der Waals surface area contributed by atoms with Crippen LogP contribution in [0.4, 0.5) is 0 Å². The van der Waals surface area contributed by atoms with E-state index in [-0.39, 0.29) is 11.8 Å². The Morgan fingerprint density at radius 1 is 1.08 bits per heavy atom. The molecule has 2 atom stereocenters. The molecule has 2 aromatic rings. The van der Waals surface area contributed by atoms with Gasteiger partial charge in [-0.3, -0.25) is 4.79 Å². The van der Waals surface area contributed by atoms with Crippen molar-refractivity contribution in [2.45, 2.75) is 32.4 Å². The summed E-state index contributed by atoms with van der Waals surface area (Å²) >= 11 is 1.70. The first-order valence-corrected chi connectivity index (χ1v) is 9.47. The predicted octanol–water partition coefficient (Wildman–Crippen LogP) is 4.68. The van der Waals surface area contributed by atoms with Crippen LogP contribution in [0, 0.1) is 0 Å². The fraction of sp³-hybridized carbons (Fsp3) is 0.286. The van der Waals surface area contributed by atoms with Crippen LogP contribution in [0.5, 0.6) is 0 Å². The normalized spacial score (nSPS) is 21.3. The lowest BCUT2D eigenvalue weighted by Gasteiger charge is -2.37. The summed E-state index contributed by atoms with van der Waals surface area (Å²) in [4.78, 5) is 15.1. The van der Waals surface area contributed by atoms with Crippen molar-refractivity contribution in [3.63, 3.8) is 0 Å². The molecule has 0 unspecified atom stereocenters. The Balaban J connectivity index is 1.85. The number of carbonyl (C=O) groups excluding carboxylic acids is 1. The van der Waals surface area contributed by atoms with Crippen molar-refractivity contribution in [3.8, 4) is 0 Å². The van der Waals surface area contributed by atoms with Crippen molar-refractivity contribution in [1.29, 1.82) is 0 Å². The van der Waals surface area contributed by atoms with Gasteiger partial charge in [0.05, 0.1) is 22.4 Å². The Bertz CT molecular complexity index is 812. The molecule has 2 heterocycles. The van der Waals surface area contributed by atoms with Crippen molar-refractivity contribution in [2.75, 3.05) is 5.75 Å². The van der Waals surface area contributed by atoms with E-state index in [1.807, 2.05) is 6.07 Å². The smallest absolute Gasteiger partial charge is 0.176 e. The van der Waals surface area contributed by atoms with Gasteiger partial charge in [-0.2, -0.15) is 0 Å². The first-order chi connectivity index (χ1) is 11.7. The first-order valence-electron chi connectivity index (χ1n) is 8.48. The molecule has 2 aliphatic heterocycles. The highest BCUT2D eigenvalue weighted by Gasteiger charge is 2.37. The maximum Gasteiger partial charge on any atom is 0.176 e. The summed E-state index contributed by atoms with van der Waals surface area (Å²) < 4.78 is 0. The summed E-state index contributed by atoms with van der Waals surface area (Å²) in [5.74, 6) is 0.825. The van der Waals surface area contributed by atoms with Gasteiger partial charge in [0.15, 0.2) is 5.78 Å². The molecule has 0 saturated carbocycles. The Kier molecular flexibility index (Phi) is 3.97. The summed E-state index contributed by atoms with van der Waals surface area (Å²) in [6.45, 7) is 4.52. The van der Waals surface area contributed by atoms with Crippen molar-refractivity contribution in [1.82, 2.24) is 4.90 Å². The Morgan fingerprint density at radius 3 is 2.58 bits per heavy atom. The molecular formula is C21H21NOS. The van der Waals surface area contributed by atoms with Gasteiger partial charge in [0.25, 0.3) is 0 Å². The molecule has 0 aliphatic carbocycles. The predicted molar refractivity (Wildman–Crippen MR) is 101 cm³/mol. The molecule has 4 rings (SSSR count). The Hall–Kier alpha value is -2.00. The van der Waals surface area contributed by atoms with Crippen molar-refractivity contribution >= 4 is 23.1 Å². The SMILES string of the molecule is C[C@@H]1Cc2ccccc2C2=C(SCC2=O)N1[C@H](C)c1ccccc1. The van der Waals surface area contributed by atoms with Crippen molar-refractivity contribution in [2.24, 2.45) is 0 Å². The fourth-order valence-corrected chi connectivity index (χ4v) is 5.14. The van der Waals surface area contributed by atoms with Crippen molar-refractivity contribution < 1.29 is 4.79 Å². The molecule has 3 heteroatoms. The van der Waals surface area contributed by atoms with Gasteiger partial charge in [0.1, 0.15) is 0 Å². The van der Waals surface area contributed by atoms with E-state index in [1.54, 1.807) is 11.8 Å². The fourth-order valence-electron chi connectivity index (χ4n) is 3.88. The number of hydrogen-bond donors (Lipinski definition) is 0. The number of allylic oxidation sites excluding steroid dienone is 1. The van der Waals surface area contributed by atoms with Gasteiger partial charge in [-0.25, -0.2) is 0 Å². The summed E-state index contributed by atoms with van der Waals surface area (Å²) in [6.07, 6.45) is 0.966. The van der Waals surface area contributed by atoms with Gasteiger partial charge >= 0.3 is 0 Å². The third-order valence-electron chi connectivity index (χ3n) is 5.04. The molecular weight excluding hydrogens is 314 g/mol. The van der Waals surface area contributed by atoms with Crippen LogP contribution in [0.3, 0.4) is 0 Å². The molecule has 0 saturated heterocycles. The number of benzene rings is 2. The number of rotatable bonds is 2. The minimum Gasteiger partial charge on any atom is -0.356 e. The molecule has 0 aromatic heterocycles. The molecule has 122 valence electrons. The molecule has 0 fully saturated rings. The topological polar surface area (TPSA) is 20.3 Å². The molecule has 0 N–H and O–H groups in total. The van der Waals surface area contributed by atoms with Crippen LogP contribution in [0.2, 0.25) is 0 Å². The van der Waals surface area contributed by atoms with Gasteiger partial charge in [0, 0.05) is 6.04 Å². The molecule has 2 aromatic carbocycles. The van der Waals surface area contributed by atoms with Gasteiger partial charge in [0.2, 0.25) is 0 Å². The van der Waals surface area contributed by atoms with Crippen molar-refractivity contribution in [3.05, 3.63) is 76.3 Å². The number of thioether (sulfide) groups is 1. The molecule has 2 nitrogen and oxygen atoms in total. The Labute approximate surface area is 147 Å². The zero-order valence-corrected chi connectivity index (χ0v) is 14.8. The highest BCUT2D eigenvalue weighted by Crippen LogP contribution is 2.45. The minimum atomic E-state index is 0.249. The van der Waals surface area contributed by atoms with E-state index in [1.165, 1.54) is 11.1 Å². The molecule has 0 amide bonds. The van der Waals surface area contributed by atoms with E-state index in [0.717, 1.165) is 22.6 Å². The maximum atomic E-state index is 12.6. The van der Waals surface area contributed by atoms with E-state index >= 15 is 0 Å². The molecule has 24 heavy (non-hydrogen) atoms. The van der Waals surface area contributed by atoms with Gasteiger partial charge in [-0.05, 0) is 37.0 Å². The lowest BCUT2D eigenvalue weighted by Crippen LogP contribution is -2.34. The number of fused-ring (bicyclic) bond motifs is 2. The largest absolute Gasteiger partial charge is 0.356 e. The van der Waals surface area contributed by atoms with E-state index in [0.29, 0.717) is 11.8 Å². The zero-order valence-electron chi connectivity index (χ0n) is 14.0. The summed E-state index contributed by atoms with van der Waals surface area (Å²) in [5.41, 5.74) is 4.65. The summed E-state index contributed by atoms with van der Waals surface area (Å²) in [7, 11) is 0. The number of nitrogens with zero attached hydrogens (tertiary/aromatic N) is 1. The number of hydrogen-bond acceptors (Lipinski definition) is 3. The third-order valence-corrected chi connectivity index (χ3v) is 6.14. The average molecular weight is 335 g/mol. The average Bonchev–Trinajstić information content (AvgIpc) is 2.91. The second-order valence-corrected chi connectivity index (χ2v) is 7.56. The number of Topliss-reactive ketones (excluding diaryl/α,β-unsaturated/α-hetero) is 1. The van der Waals surface area contributed by atoms with E-state index < -0.39 is 0 Å². The second-order valence-electron chi connectivity index (χ2n) is 6.60. The molecule has 2 aliphatic rings. The molecule has 0 radical (unpaired) electrons. The standard InChI is InChI=1S/C21H21NOS/c1-14-12-17-10-6-7-11-18(17)20-19(23)13-24-21(20)22(14)15(2)16-8-4-3-5-9-16/h3-11,14-15H,12-13H2,1-2H3/t14-,15-/m1/s1. The first kappa shape index (κ1) is 15.5. The van der Waals surface area contributed by atoms with Gasteiger partial charge in [-0.15, -0.1) is 0 Å². The van der Waals surface area contributed by atoms with Crippen LogP contribution >= 0.6 is 11.8 Å². The summed E-state index contributed by atoms with van der Waals surface area (Å²) in [5, 5.41) is 1.16. The van der Waals surface area contributed by atoms with E-state index in [2.05, 4.69) is 67.3 Å². The highest BCUT2D eigenvalue weighted by atomic mass is 32.2. The third kappa shape index (κ3) is 2.48. The van der Waals surface area contributed by atoms with Crippen LogP contribution in [0.1, 0.15) is 36.6 Å². The Morgan fingerprint density at radius 2 is 1.79 bits per heavy atom. The molecule has 0 spiro atoms. The minimum absolute atomic E-state index is 0.249. The maximum absolute atomic E-state index is 12.6. The van der Waals surface area contributed by atoms with Crippen LogP contribution in [-0.2, 0) is 11.2 Å². The van der Waals surface area contributed by atoms with E-state index in [4.69, 9.17) is 0 Å². The number of carbonyl (C=O) groups is 1.